The number of hydrogen-bond acceptors (Lipinski definition) is 3. The minimum absolute atomic E-state index is 0.0631. The third-order valence-electron chi connectivity index (χ3n) is 2.89. The molecule has 0 aliphatic rings. The quantitative estimate of drug-likeness (QED) is 0.940. The van der Waals surface area contributed by atoms with E-state index in [1.165, 1.54) is 21.1 Å². The van der Waals surface area contributed by atoms with Crippen molar-refractivity contribution in [1.82, 2.24) is 10.2 Å². The monoisotopic (exact) mass is 286 g/mol. The highest BCUT2D eigenvalue weighted by Gasteiger charge is 2.39. The third kappa shape index (κ3) is 2.31. The summed E-state index contributed by atoms with van der Waals surface area (Å²) in [5, 5.41) is 5.72. The first-order chi connectivity index (χ1) is 9.40. The van der Waals surface area contributed by atoms with Gasteiger partial charge >= 0.3 is 6.18 Å². The maximum absolute atomic E-state index is 13.1. The van der Waals surface area contributed by atoms with Gasteiger partial charge < -0.3 is 9.47 Å². The third-order valence-corrected chi connectivity index (χ3v) is 2.89. The molecule has 0 saturated carbocycles. The van der Waals surface area contributed by atoms with E-state index < -0.39 is 11.9 Å². The Hall–Kier alpha value is -2.18. The number of aryl methyl sites for hydroxylation is 1. The van der Waals surface area contributed by atoms with Crippen molar-refractivity contribution >= 4 is 0 Å². The largest absolute Gasteiger partial charge is 0.496 e. The number of aromatic amines is 1. The maximum atomic E-state index is 13.1. The molecule has 2 aromatic rings. The lowest BCUT2D eigenvalue weighted by Gasteiger charge is -2.14. The van der Waals surface area contributed by atoms with Crippen LogP contribution in [0.15, 0.2) is 18.2 Å². The molecule has 0 bridgehead atoms. The van der Waals surface area contributed by atoms with Gasteiger partial charge in [-0.2, -0.15) is 18.3 Å². The standard InChI is InChI=1S/C13H13F3N2O2/c1-7-10(12(18-17-7)13(14,15)16)11-8(19-2)5-4-6-9(11)20-3/h4-6H,1-3H3,(H,17,18). The molecule has 0 amide bonds. The molecule has 1 heterocycles. The fourth-order valence-corrected chi connectivity index (χ4v) is 2.04. The number of nitrogens with one attached hydrogen (secondary N) is 1. The molecule has 4 nitrogen and oxygen atoms in total. The highest BCUT2D eigenvalue weighted by atomic mass is 19.4. The Morgan fingerprint density at radius 3 is 2.05 bits per heavy atom. The lowest BCUT2D eigenvalue weighted by molar-refractivity contribution is -0.140. The van der Waals surface area contributed by atoms with Crippen molar-refractivity contribution in [2.45, 2.75) is 13.1 Å². The summed E-state index contributed by atoms with van der Waals surface area (Å²) in [5.41, 5.74) is -0.527. The second-order valence-corrected chi connectivity index (χ2v) is 4.11. The number of halogens is 3. The molecule has 0 aliphatic carbocycles. The first-order valence-electron chi connectivity index (χ1n) is 5.73. The van der Waals surface area contributed by atoms with E-state index >= 15 is 0 Å². The van der Waals surface area contributed by atoms with Gasteiger partial charge in [0.2, 0.25) is 0 Å². The average Bonchev–Trinajstić information content (AvgIpc) is 2.79. The van der Waals surface area contributed by atoms with Crippen LogP contribution in [-0.4, -0.2) is 24.4 Å². The van der Waals surface area contributed by atoms with Crippen LogP contribution in [0, 0.1) is 6.92 Å². The summed E-state index contributed by atoms with van der Waals surface area (Å²) < 4.78 is 49.5. The van der Waals surface area contributed by atoms with Gasteiger partial charge in [-0.15, -0.1) is 0 Å². The van der Waals surface area contributed by atoms with Crippen LogP contribution in [0.5, 0.6) is 11.5 Å². The van der Waals surface area contributed by atoms with Gasteiger partial charge in [-0.05, 0) is 19.1 Å². The van der Waals surface area contributed by atoms with Crippen molar-refractivity contribution in [1.29, 1.82) is 0 Å². The fourth-order valence-electron chi connectivity index (χ4n) is 2.04. The number of ether oxygens (including phenoxy) is 2. The van der Waals surface area contributed by atoms with E-state index in [1.54, 1.807) is 18.2 Å². The number of hydrogen-bond donors (Lipinski definition) is 1. The zero-order chi connectivity index (χ0) is 14.9. The molecule has 0 radical (unpaired) electrons. The molecule has 2 rings (SSSR count). The number of benzene rings is 1. The van der Waals surface area contributed by atoms with Crippen LogP contribution < -0.4 is 9.47 Å². The predicted molar refractivity (Wildman–Crippen MR) is 66.9 cm³/mol. The first kappa shape index (κ1) is 14.2. The average molecular weight is 286 g/mol. The summed E-state index contributed by atoms with van der Waals surface area (Å²) in [7, 11) is 2.78. The van der Waals surface area contributed by atoms with E-state index in [9.17, 15) is 13.2 Å². The highest BCUT2D eigenvalue weighted by Crippen LogP contribution is 2.45. The van der Waals surface area contributed by atoms with Crippen LogP contribution in [0.3, 0.4) is 0 Å². The molecule has 108 valence electrons. The SMILES string of the molecule is COc1cccc(OC)c1-c1c(C(F)(F)F)n[nH]c1C. The zero-order valence-corrected chi connectivity index (χ0v) is 11.1. The number of H-pyrrole nitrogens is 1. The van der Waals surface area contributed by atoms with Gasteiger partial charge in [0.15, 0.2) is 5.69 Å². The number of alkyl halides is 3. The molecule has 7 heteroatoms. The first-order valence-corrected chi connectivity index (χ1v) is 5.73. The Morgan fingerprint density at radius 1 is 1.05 bits per heavy atom. The molecule has 1 aromatic carbocycles. The Balaban J connectivity index is 2.78. The van der Waals surface area contributed by atoms with E-state index in [4.69, 9.17) is 9.47 Å². The minimum atomic E-state index is -4.56. The van der Waals surface area contributed by atoms with Crippen LogP contribution in [-0.2, 0) is 6.18 Å². The van der Waals surface area contributed by atoms with Gasteiger partial charge in [-0.25, -0.2) is 0 Å². The van der Waals surface area contributed by atoms with Crippen LogP contribution in [0.2, 0.25) is 0 Å². The molecule has 1 aromatic heterocycles. The molecule has 0 spiro atoms. The van der Waals surface area contributed by atoms with Gasteiger partial charge in [-0.1, -0.05) is 6.07 Å². The summed E-state index contributed by atoms with van der Waals surface area (Å²) in [4.78, 5) is 0. The number of nitrogens with zero attached hydrogens (tertiary/aromatic N) is 1. The van der Waals surface area contributed by atoms with Crippen molar-refractivity contribution < 1.29 is 22.6 Å². The molecular formula is C13H13F3N2O2. The number of methoxy groups -OCH3 is 2. The van der Waals surface area contributed by atoms with E-state index in [1.807, 2.05) is 0 Å². The molecular weight excluding hydrogens is 273 g/mol. The molecule has 0 aliphatic heterocycles. The Morgan fingerprint density at radius 2 is 1.60 bits per heavy atom. The van der Waals surface area contributed by atoms with Crippen molar-refractivity contribution in [2.24, 2.45) is 0 Å². The lowest BCUT2D eigenvalue weighted by atomic mass is 10.0. The summed E-state index contributed by atoms with van der Waals surface area (Å²) in [6.07, 6.45) is -4.56. The lowest BCUT2D eigenvalue weighted by Crippen LogP contribution is -2.08. The molecule has 1 N–H and O–H groups in total. The van der Waals surface area contributed by atoms with Crippen molar-refractivity contribution in [3.8, 4) is 22.6 Å². The molecule has 20 heavy (non-hydrogen) atoms. The number of aromatic nitrogens is 2. The second kappa shape index (κ2) is 5.07. The smallest absolute Gasteiger partial charge is 0.435 e. The highest BCUT2D eigenvalue weighted by molar-refractivity contribution is 5.80. The van der Waals surface area contributed by atoms with Crippen molar-refractivity contribution in [3.63, 3.8) is 0 Å². The van der Waals surface area contributed by atoms with Gasteiger partial charge in [-0.3, -0.25) is 5.10 Å². The summed E-state index contributed by atoms with van der Waals surface area (Å²) >= 11 is 0. The predicted octanol–water partition coefficient (Wildman–Crippen LogP) is 3.42. The second-order valence-electron chi connectivity index (χ2n) is 4.11. The van der Waals surface area contributed by atoms with Gasteiger partial charge in [0, 0.05) is 11.3 Å². The minimum Gasteiger partial charge on any atom is -0.496 e. The van der Waals surface area contributed by atoms with Crippen molar-refractivity contribution in [3.05, 3.63) is 29.6 Å². The van der Waals surface area contributed by atoms with Crippen LogP contribution in [0.1, 0.15) is 11.4 Å². The van der Waals surface area contributed by atoms with E-state index in [-0.39, 0.29) is 11.1 Å². The van der Waals surface area contributed by atoms with Crippen LogP contribution in [0.25, 0.3) is 11.1 Å². The summed E-state index contributed by atoms with van der Waals surface area (Å²) in [6.45, 7) is 1.52. The molecule has 0 fully saturated rings. The fraction of sp³-hybridized carbons (Fsp3) is 0.308. The Kier molecular flexibility index (Phi) is 3.61. The number of rotatable bonds is 3. The maximum Gasteiger partial charge on any atom is 0.435 e. The van der Waals surface area contributed by atoms with Gasteiger partial charge in [0.05, 0.1) is 19.8 Å². The topological polar surface area (TPSA) is 47.1 Å². The van der Waals surface area contributed by atoms with Crippen molar-refractivity contribution in [2.75, 3.05) is 14.2 Å². The summed E-state index contributed by atoms with van der Waals surface area (Å²) in [5.74, 6) is 0.582. The normalized spacial score (nSPS) is 11.5. The molecule has 0 saturated heterocycles. The zero-order valence-electron chi connectivity index (χ0n) is 11.1. The molecule has 0 atom stereocenters. The van der Waals surface area contributed by atoms with E-state index in [2.05, 4.69) is 10.2 Å². The molecule has 0 unspecified atom stereocenters. The van der Waals surface area contributed by atoms with E-state index in [0.29, 0.717) is 17.2 Å². The Labute approximate surface area is 113 Å². The summed E-state index contributed by atoms with van der Waals surface area (Å²) in [6, 6.07) is 4.79. The van der Waals surface area contributed by atoms with Crippen LogP contribution >= 0.6 is 0 Å². The van der Waals surface area contributed by atoms with E-state index in [0.717, 1.165) is 0 Å². The van der Waals surface area contributed by atoms with Crippen LogP contribution in [0.4, 0.5) is 13.2 Å². The van der Waals surface area contributed by atoms with Gasteiger partial charge in [0.1, 0.15) is 11.5 Å². The van der Waals surface area contributed by atoms with Gasteiger partial charge in [0.25, 0.3) is 0 Å². The Bertz CT molecular complexity index is 598.